The van der Waals surface area contributed by atoms with Crippen LogP contribution in [0, 0.1) is 5.92 Å². The van der Waals surface area contributed by atoms with E-state index >= 15 is 0 Å². The summed E-state index contributed by atoms with van der Waals surface area (Å²) >= 11 is 0. The van der Waals surface area contributed by atoms with Gasteiger partial charge >= 0.3 is 12.1 Å². The van der Waals surface area contributed by atoms with E-state index in [-0.39, 0.29) is 6.54 Å². The Bertz CT molecular complexity index is 361. The van der Waals surface area contributed by atoms with E-state index in [1.54, 1.807) is 20.8 Å². The van der Waals surface area contributed by atoms with Gasteiger partial charge in [-0.2, -0.15) is 0 Å². The van der Waals surface area contributed by atoms with Gasteiger partial charge in [0, 0.05) is 6.54 Å². The van der Waals surface area contributed by atoms with Gasteiger partial charge < -0.3 is 20.1 Å². The number of rotatable bonds is 2. The van der Waals surface area contributed by atoms with Gasteiger partial charge in [0.05, 0.1) is 7.11 Å². The van der Waals surface area contributed by atoms with Crippen molar-refractivity contribution >= 4 is 18.0 Å². The highest BCUT2D eigenvalue weighted by Crippen LogP contribution is 2.14. The lowest BCUT2D eigenvalue weighted by Gasteiger charge is -2.22. The standard InChI is InChI=1S/C11H18N2O5/c1-11(2,3)18-10(16)13-7-6(9(15)17-4)5-12-8(7)14/h6-7H,5H2,1-4H3,(H,12,14)(H,13,16). The maximum atomic E-state index is 11.6. The van der Waals surface area contributed by atoms with E-state index in [0.717, 1.165) is 0 Å². The molecule has 1 rings (SSSR count). The Labute approximate surface area is 105 Å². The molecule has 0 aromatic heterocycles. The van der Waals surface area contributed by atoms with Crippen molar-refractivity contribution in [1.29, 1.82) is 0 Å². The molecule has 0 saturated carbocycles. The quantitative estimate of drug-likeness (QED) is 0.669. The lowest BCUT2D eigenvalue weighted by molar-refractivity contribution is -0.146. The zero-order valence-corrected chi connectivity index (χ0v) is 10.9. The third kappa shape index (κ3) is 3.61. The molecule has 1 saturated heterocycles. The first kappa shape index (κ1) is 14.3. The summed E-state index contributed by atoms with van der Waals surface area (Å²) in [6, 6.07) is -0.952. The summed E-state index contributed by atoms with van der Waals surface area (Å²) in [5.41, 5.74) is -0.667. The number of carbonyl (C=O) groups is 3. The van der Waals surface area contributed by atoms with Gasteiger partial charge in [0.15, 0.2) is 0 Å². The van der Waals surface area contributed by atoms with E-state index in [4.69, 9.17) is 4.74 Å². The van der Waals surface area contributed by atoms with Crippen LogP contribution in [0.15, 0.2) is 0 Å². The second kappa shape index (κ2) is 5.24. The monoisotopic (exact) mass is 258 g/mol. The molecule has 1 aliphatic rings. The van der Waals surface area contributed by atoms with E-state index in [0.29, 0.717) is 0 Å². The number of hydrogen-bond donors (Lipinski definition) is 2. The van der Waals surface area contributed by atoms with Gasteiger partial charge in [-0.25, -0.2) is 4.79 Å². The van der Waals surface area contributed by atoms with Crippen LogP contribution in [0.4, 0.5) is 4.79 Å². The van der Waals surface area contributed by atoms with Gasteiger partial charge in [-0.1, -0.05) is 0 Å². The Kier molecular flexibility index (Phi) is 4.15. The fourth-order valence-electron chi connectivity index (χ4n) is 1.59. The molecule has 0 spiro atoms. The van der Waals surface area contributed by atoms with Crippen LogP contribution in [0.5, 0.6) is 0 Å². The maximum Gasteiger partial charge on any atom is 0.408 e. The molecule has 0 radical (unpaired) electrons. The van der Waals surface area contributed by atoms with Crippen LogP contribution in [0.3, 0.4) is 0 Å². The highest BCUT2D eigenvalue weighted by atomic mass is 16.6. The molecule has 0 aliphatic carbocycles. The molecule has 2 atom stereocenters. The van der Waals surface area contributed by atoms with Gasteiger partial charge in [0.2, 0.25) is 5.91 Å². The van der Waals surface area contributed by atoms with E-state index in [1.807, 2.05) is 0 Å². The predicted octanol–water partition coefficient (Wildman–Crippen LogP) is -0.201. The first-order valence-corrected chi connectivity index (χ1v) is 5.59. The smallest absolute Gasteiger partial charge is 0.408 e. The fourth-order valence-corrected chi connectivity index (χ4v) is 1.59. The van der Waals surface area contributed by atoms with Crippen molar-refractivity contribution in [3.8, 4) is 0 Å². The number of alkyl carbamates (subject to hydrolysis) is 1. The van der Waals surface area contributed by atoms with E-state index in [9.17, 15) is 14.4 Å². The molecule has 2 amide bonds. The Morgan fingerprint density at radius 3 is 2.50 bits per heavy atom. The molecule has 0 aromatic rings. The molecule has 7 nitrogen and oxygen atoms in total. The summed E-state index contributed by atoms with van der Waals surface area (Å²) in [5, 5.41) is 4.87. The molecule has 2 unspecified atom stereocenters. The highest BCUT2D eigenvalue weighted by molar-refractivity contribution is 5.94. The number of methoxy groups -OCH3 is 1. The third-order valence-corrected chi connectivity index (χ3v) is 2.36. The highest BCUT2D eigenvalue weighted by Gasteiger charge is 2.41. The van der Waals surface area contributed by atoms with Crippen molar-refractivity contribution in [2.24, 2.45) is 5.92 Å². The zero-order valence-electron chi connectivity index (χ0n) is 10.9. The third-order valence-electron chi connectivity index (χ3n) is 2.36. The van der Waals surface area contributed by atoms with Crippen LogP contribution in [0.25, 0.3) is 0 Å². The van der Waals surface area contributed by atoms with Gasteiger partial charge in [-0.3, -0.25) is 9.59 Å². The molecule has 1 fully saturated rings. The number of ether oxygens (including phenoxy) is 2. The minimum Gasteiger partial charge on any atom is -0.469 e. The normalized spacial score (nSPS) is 23.2. The first-order chi connectivity index (χ1) is 8.24. The summed E-state index contributed by atoms with van der Waals surface area (Å²) in [5.74, 6) is -1.69. The van der Waals surface area contributed by atoms with Crippen LogP contribution in [0.2, 0.25) is 0 Å². The summed E-state index contributed by atoms with van der Waals surface area (Å²) in [4.78, 5) is 34.5. The van der Waals surface area contributed by atoms with Crippen molar-refractivity contribution in [3.63, 3.8) is 0 Å². The van der Waals surface area contributed by atoms with Crippen molar-refractivity contribution in [1.82, 2.24) is 10.6 Å². The molecule has 2 N–H and O–H groups in total. The summed E-state index contributed by atoms with van der Waals surface area (Å²) < 4.78 is 9.60. The van der Waals surface area contributed by atoms with E-state index < -0.39 is 35.5 Å². The van der Waals surface area contributed by atoms with Crippen molar-refractivity contribution in [3.05, 3.63) is 0 Å². The second-order valence-electron chi connectivity index (χ2n) is 5.00. The second-order valence-corrected chi connectivity index (χ2v) is 5.00. The van der Waals surface area contributed by atoms with E-state index in [2.05, 4.69) is 15.4 Å². The Balaban J connectivity index is 2.65. The molecule has 0 bridgehead atoms. The maximum absolute atomic E-state index is 11.6. The predicted molar refractivity (Wildman–Crippen MR) is 61.7 cm³/mol. The number of hydrogen-bond acceptors (Lipinski definition) is 5. The Hall–Kier alpha value is -1.79. The summed E-state index contributed by atoms with van der Waals surface area (Å²) in [6.45, 7) is 5.27. The van der Waals surface area contributed by atoms with Crippen molar-refractivity contribution in [2.75, 3.05) is 13.7 Å². The summed E-state index contributed by atoms with van der Waals surface area (Å²) in [7, 11) is 1.23. The van der Waals surface area contributed by atoms with Gasteiger partial charge in [-0.15, -0.1) is 0 Å². The minimum atomic E-state index is -0.952. The molecular formula is C11H18N2O5. The summed E-state index contributed by atoms with van der Waals surface area (Å²) in [6.07, 6.45) is -0.738. The SMILES string of the molecule is COC(=O)C1CNC(=O)C1NC(=O)OC(C)(C)C. The molecule has 18 heavy (non-hydrogen) atoms. The van der Waals surface area contributed by atoms with Gasteiger partial charge in [0.1, 0.15) is 17.6 Å². The van der Waals surface area contributed by atoms with Crippen LogP contribution in [0.1, 0.15) is 20.8 Å². The Morgan fingerprint density at radius 2 is 2.00 bits per heavy atom. The number of carbonyl (C=O) groups excluding carboxylic acids is 3. The van der Waals surface area contributed by atoms with Crippen molar-refractivity contribution in [2.45, 2.75) is 32.4 Å². The number of esters is 1. The lowest BCUT2D eigenvalue weighted by atomic mass is 10.0. The molecular weight excluding hydrogens is 240 g/mol. The minimum absolute atomic E-state index is 0.145. The van der Waals surface area contributed by atoms with Crippen LogP contribution in [-0.2, 0) is 19.1 Å². The fraction of sp³-hybridized carbons (Fsp3) is 0.727. The largest absolute Gasteiger partial charge is 0.469 e. The van der Waals surface area contributed by atoms with Gasteiger partial charge in [0.25, 0.3) is 0 Å². The molecule has 1 heterocycles. The number of nitrogens with one attached hydrogen (secondary N) is 2. The van der Waals surface area contributed by atoms with Crippen LogP contribution in [-0.4, -0.2) is 43.3 Å². The first-order valence-electron chi connectivity index (χ1n) is 5.59. The molecule has 1 aliphatic heterocycles. The van der Waals surface area contributed by atoms with E-state index in [1.165, 1.54) is 7.11 Å². The molecule has 102 valence electrons. The lowest BCUT2D eigenvalue weighted by Crippen LogP contribution is -2.47. The van der Waals surface area contributed by atoms with Crippen molar-refractivity contribution < 1.29 is 23.9 Å². The zero-order chi connectivity index (χ0) is 13.9. The average molecular weight is 258 g/mol. The van der Waals surface area contributed by atoms with Gasteiger partial charge in [-0.05, 0) is 20.8 Å². The average Bonchev–Trinajstić information content (AvgIpc) is 2.57. The molecule has 0 aromatic carbocycles. The van der Waals surface area contributed by atoms with Crippen LogP contribution < -0.4 is 10.6 Å². The Morgan fingerprint density at radius 1 is 1.39 bits per heavy atom. The van der Waals surface area contributed by atoms with Crippen LogP contribution >= 0.6 is 0 Å². The topological polar surface area (TPSA) is 93.7 Å². The molecule has 7 heteroatoms. The number of amides is 2.